The van der Waals surface area contributed by atoms with E-state index < -0.39 is 5.97 Å². The van der Waals surface area contributed by atoms with Gasteiger partial charge < -0.3 is 9.84 Å². The van der Waals surface area contributed by atoms with E-state index in [1.807, 2.05) is 19.1 Å². The lowest BCUT2D eigenvalue weighted by molar-refractivity contribution is 0.0697. The molecule has 1 N–H and O–H groups in total. The predicted molar refractivity (Wildman–Crippen MR) is 67.9 cm³/mol. The quantitative estimate of drug-likeness (QED) is 0.900. The number of benzene rings is 1. The number of hydrogen-bond donors (Lipinski definition) is 1. The van der Waals surface area contributed by atoms with Crippen LogP contribution in [0, 0.1) is 6.92 Å². The van der Waals surface area contributed by atoms with Crippen LogP contribution in [-0.2, 0) is 0 Å². The Labute approximate surface area is 105 Å². The Bertz CT molecular complexity index is 593. The van der Waals surface area contributed by atoms with Crippen molar-refractivity contribution in [1.29, 1.82) is 0 Å². The lowest BCUT2D eigenvalue weighted by Gasteiger charge is -2.06. The average Bonchev–Trinajstić information content (AvgIpc) is 2.38. The molecule has 0 aliphatic heterocycles. The molecule has 0 fully saturated rings. The SMILES string of the molecule is COc1cc(-c2cc(C)cc(C(=O)O)c2)ccn1. The van der Waals surface area contributed by atoms with Crippen molar-refractivity contribution in [3.8, 4) is 17.0 Å². The Morgan fingerprint density at radius 1 is 1.22 bits per heavy atom. The van der Waals surface area contributed by atoms with E-state index in [4.69, 9.17) is 9.84 Å². The number of hydrogen-bond acceptors (Lipinski definition) is 3. The van der Waals surface area contributed by atoms with Crippen molar-refractivity contribution in [3.63, 3.8) is 0 Å². The van der Waals surface area contributed by atoms with Crippen LogP contribution in [0.3, 0.4) is 0 Å². The Balaban J connectivity index is 2.52. The highest BCUT2D eigenvalue weighted by molar-refractivity contribution is 5.89. The fraction of sp³-hybridized carbons (Fsp3) is 0.143. The second-order valence-corrected chi connectivity index (χ2v) is 3.98. The largest absolute Gasteiger partial charge is 0.481 e. The molecule has 18 heavy (non-hydrogen) atoms. The highest BCUT2D eigenvalue weighted by Gasteiger charge is 2.07. The lowest BCUT2D eigenvalue weighted by Crippen LogP contribution is -1.97. The zero-order valence-corrected chi connectivity index (χ0v) is 10.2. The van der Waals surface area contributed by atoms with Crippen molar-refractivity contribution in [2.24, 2.45) is 0 Å². The summed E-state index contributed by atoms with van der Waals surface area (Å²) in [5.41, 5.74) is 2.91. The van der Waals surface area contributed by atoms with Crippen LogP contribution in [0.5, 0.6) is 5.88 Å². The van der Waals surface area contributed by atoms with Crippen molar-refractivity contribution < 1.29 is 14.6 Å². The molecule has 92 valence electrons. The van der Waals surface area contributed by atoms with E-state index in [1.54, 1.807) is 31.5 Å². The molecule has 0 atom stereocenters. The van der Waals surface area contributed by atoms with Crippen LogP contribution >= 0.6 is 0 Å². The second kappa shape index (κ2) is 4.87. The summed E-state index contributed by atoms with van der Waals surface area (Å²) >= 11 is 0. The van der Waals surface area contributed by atoms with Crippen molar-refractivity contribution >= 4 is 5.97 Å². The van der Waals surface area contributed by atoms with Crippen LogP contribution in [-0.4, -0.2) is 23.2 Å². The minimum Gasteiger partial charge on any atom is -0.481 e. The van der Waals surface area contributed by atoms with Gasteiger partial charge in [-0.1, -0.05) is 6.07 Å². The summed E-state index contributed by atoms with van der Waals surface area (Å²) in [6.07, 6.45) is 1.64. The first-order valence-corrected chi connectivity index (χ1v) is 5.45. The third-order valence-corrected chi connectivity index (χ3v) is 2.60. The third-order valence-electron chi connectivity index (χ3n) is 2.60. The molecule has 1 aromatic carbocycles. The molecular formula is C14H13NO3. The van der Waals surface area contributed by atoms with Gasteiger partial charge >= 0.3 is 5.97 Å². The van der Waals surface area contributed by atoms with Crippen LogP contribution in [0.4, 0.5) is 0 Å². The number of carbonyl (C=O) groups is 1. The fourth-order valence-electron chi connectivity index (χ4n) is 1.77. The zero-order chi connectivity index (χ0) is 13.1. The topological polar surface area (TPSA) is 59.4 Å². The number of carboxylic acids is 1. The van der Waals surface area contributed by atoms with Gasteiger partial charge in [0.2, 0.25) is 5.88 Å². The van der Waals surface area contributed by atoms with Gasteiger partial charge in [0.25, 0.3) is 0 Å². The third kappa shape index (κ3) is 2.48. The maximum Gasteiger partial charge on any atom is 0.335 e. The molecule has 0 saturated heterocycles. The summed E-state index contributed by atoms with van der Waals surface area (Å²) in [6, 6.07) is 8.82. The molecule has 0 saturated carbocycles. The summed E-state index contributed by atoms with van der Waals surface area (Å²) in [4.78, 5) is 15.0. The number of ether oxygens (including phenoxy) is 1. The number of aryl methyl sites for hydroxylation is 1. The number of rotatable bonds is 3. The smallest absolute Gasteiger partial charge is 0.335 e. The van der Waals surface area contributed by atoms with Gasteiger partial charge in [0.15, 0.2) is 0 Å². The van der Waals surface area contributed by atoms with Crippen LogP contribution in [0.1, 0.15) is 15.9 Å². The van der Waals surface area contributed by atoms with E-state index in [0.29, 0.717) is 5.88 Å². The van der Waals surface area contributed by atoms with Gasteiger partial charge in [-0.2, -0.15) is 0 Å². The molecule has 0 radical (unpaired) electrons. The molecule has 2 aromatic rings. The first kappa shape index (κ1) is 12.1. The van der Waals surface area contributed by atoms with E-state index >= 15 is 0 Å². The molecule has 4 nitrogen and oxygen atoms in total. The van der Waals surface area contributed by atoms with Gasteiger partial charge in [0, 0.05) is 12.3 Å². The molecule has 0 amide bonds. The van der Waals surface area contributed by atoms with Crippen LogP contribution in [0.15, 0.2) is 36.5 Å². The van der Waals surface area contributed by atoms with Crippen molar-refractivity contribution in [3.05, 3.63) is 47.7 Å². The van der Waals surface area contributed by atoms with E-state index in [1.165, 1.54) is 0 Å². The highest BCUT2D eigenvalue weighted by Crippen LogP contribution is 2.24. The molecule has 4 heteroatoms. The molecule has 1 aromatic heterocycles. The molecule has 0 unspecified atom stereocenters. The van der Waals surface area contributed by atoms with Gasteiger partial charge in [-0.05, 0) is 41.8 Å². The molecule has 2 rings (SSSR count). The van der Waals surface area contributed by atoms with E-state index in [9.17, 15) is 4.79 Å². The highest BCUT2D eigenvalue weighted by atomic mass is 16.5. The molecule has 0 bridgehead atoms. The first-order valence-electron chi connectivity index (χ1n) is 5.45. The number of aromatic nitrogens is 1. The number of pyridine rings is 1. The number of carboxylic acid groups (broad SMARTS) is 1. The van der Waals surface area contributed by atoms with Gasteiger partial charge in [-0.3, -0.25) is 0 Å². The van der Waals surface area contributed by atoms with Crippen LogP contribution < -0.4 is 4.74 Å². The maximum absolute atomic E-state index is 11.0. The van der Waals surface area contributed by atoms with Crippen molar-refractivity contribution in [2.45, 2.75) is 6.92 Å². The van der Waals surface area contributed by atoms with Gasteiger partial charge in [-0.15, -0.1) is 0 Å². The Morgan fingerprint density at radius 3 is 2.67 bits per heavy atom. The summed E-state index contributed by atoms with van der Waals surface area (Å²) in [5, 5.41) is 9.04. The summed E-state index contributed by atoms with van der Waals surface area (Å²) < 4.78 is 5.06. The predicted octanol–water partition coefficient (Wildman–Crippen LogP) is 2.76. The fourth-order valence-corrected chi connectivity index (χ4v) is 1.77. The van der Waals surface area contributed by atoms with Crippen LogP contribution in [0.25, 0.3) is 11.1 Å². The Kier molecular flexibility index (Phi) is 3.28. The summed E-state index contributed by atoms with van der Waals surface area (Å²) in [7, 11) is 1.55. The van der Waals surface area contributed by atoms with Crippen molar-refractivity contribution in [2.75, 3.05) is 7.11 Å². The second-order valence-electron chi connectivity index (χ2n) is 3.98. The Morgan fingerprint density at radius 2 is 2.00 bits per heavy atom. The van der Waals surface area contributed by atoms with Gasteiger partial charge in [0.05, 0.1) is 12.7 Å². The molecule has 0 aliphatic rings. The normalized spacial score (nSPS) is 10.1. The number of aromatic carboxylic acids is 1. The summed E-state index contributed by atoms with van der Waals surface area (Å²) in [6.45, 7) is 1.87. The standard InChI is InChI=1S/C14H13NO3/c1-9-5-11(7-12(6-9)14(16)17)10-3-4-15-13(8-10)18-2/h3-8H,1-2H3,(H,16,17). The maximum atomic E-state index is 11.0. The minimum absolute atomic E-state index is 0.278. The van der Waals surface area contributed by atoms with Crippen molar-refractivity contribution in [1.82, 2.24) is 4.98 Å². The van der Waals surface area contributed by atoms with Gasteiger partial charge in [0.1, 0.15) is 0 Å². The monoisotopic (exact) mass is 243 g/mol. The Hall–Kier alpha value is -2.36. The zero-order valence-electron chi connectivity index (χ0n) is 10.2. The van der Waals surface area contributed by atoms with E-state index in [-0.39, 0.29) is 5.56 Å². The minimum atomic E-state index is -0.930. The lowest BCUT2D eigenvalue weighted by atomic mass is 10.0. The molecule has 1 heterocycles. The van der Waals surface area contributed by atoms with E-state index in [0.717, 1.165) is 16.7 Å². The molecule has 0 aliphatic carbocycles. The molecular weight excluding hydrogens is 230 g/mol. The first-order chi connectivity index (χ1) is 8.60. The van der Waals surface area contributed by atoms with E-state index in [2.05, 4.69) is 4.98 Å². The number of methoxy groups -OCH3 is 1. The van der Waals surface area contributed by atoms with Crippen LogP contribution in [0.2, 0.25) is 0 Å². The average molecular weight is 243 g/mol. The molecule has 0 spiro atoms. The summed E-state index contributed by atoms with van der Waals surface area (Å²) in [5.74, 6) is -0.424. The van der Waals surface area contributed by atoms with Gasteiger partial charge in [-0.25, -0.2) is 9.78 Å². The number of nitrogens with zero attached hydrogens (tertiary/aromatic N) is 1.